The first-order chi connectivity index (χ1) is 10.3. The van der Waals surface area contributed by atoms with Gasteiger partial charge in [0.15, 0.2) is 11.8 Å². The minimum atomic E-state index is -4.37. The van der Waals surface area contributed by atoms with Crippen LogP contribution >= 0.6 is 0 Å². The molecule has 1 aliphatic heterocycles. The minimum absolute atomic E-state index is 0.0340. The second-order valence-corrected chi connectivity index (χ2v) is 5.55. The summed E-state index contributed by atoms with van der Waals surface area (Å²) >= 11 is 0. The van der Waals surface area contributed by atoms with Gasteiger partial charge in [-0.25, -0.2) is 4.98 Å². The molecule has 0 radical (unpaired) electrons. The molecule has 0 bridgehead atoms. The van der Waals surface area contributed by atoms with Crippen LogP contribution in [0.3, 0.4) is 0 Å². The van der Waals surface area contributed by atoms with E-state index in [-0.39, 0.29) is 13.2 Å². The van der Waals surface area contributed by atoms with Gasteiger partial charge in [0.25, 0.3) is 0 Å². The van der Waals surface area contributed by atoms with Crippen LogP contribution < -0.4 is 4.90 Å². The van der Waals surface area contributed by atoms with Gasteiger partial charge in [-0.2, -0.15) is 22.8 Å². The van der Waals surface area contributed by atoms with E-state index in [0.29, 0.717) is 18.0 Å². The number of anilines is 1. The number of aromatic nitrogens is 3. The maximum absolute atomic E-state index is 12.9. The van der Waals surface area contributed by atoms with Gasteiger partial charge in [0.1, 0.15) is 5.82 Å². The topological polar surface area (TPSA) is 42.7 Å². The zero-order valence-electron chi connectivity index (χ0n) is 12.6. The van der Waals surface area contributed by atoms with Gasteiger partial charge in [0, 0.05) is 23.9 Å². The van der Waals surface area contributed by atoms with E-state index in [9.17, 15) is 13.2 Å². The highest BCUT2D eigenvalue weighted by Crippen LogP contribution is 2.29. The summed E-state index contributed by atoms with van der Waals surface area (Å²) in [5, 5.41) is 4.41. The Morgan fingerprint density at radius 3 is 2.68 bits per heavy atom. The summed E-state index contributed by atoms with van der Waals surface area (Å²) in [6, 6.07) is 1.76. The normalized spacial score (nSPS) is 19.9. The van der Waals surface area contributed by atoms with Crippen LogP contribution in [0.15, 0.2) is 6.07 Å². The van der Waals surface area contributed by atoms with Crippen molar-refractivity contribution in [1.29, 1.82) is 0 Å². The van der Waals surface area contributed by atoms with Crippen LogP contribution in [-0.4, -0.2) is 46.6 Å². The van der Waals surface area contributed by atoms with Crippen molar-refractivity contribution < 1.29 is 17.9 Å². The van der Waals surface area contributed by atoms with Gasteiger partial charge in [-0.15, -0.1) is 0 Å². The average molecular weight is 314 g/mol. The predicted molar refractivity (Wildman–Crippen MR) is 75.2 cm³/mol. The van der Waals surface area contributed by atoms with E-state index in [2.05, 4.69) is 10.1 Å². The molecule has 0 spiro atoms. The van der Waals surface area contributed by atoms with Crippen molar-refractivity contribution in [3.05, 3.63) is 23.0 Å². The first kappa shape index (κ1) is 15.1. The predicted octanol–water partition coefficient (Wildman–Crippen LogP) is 2.42. The molecule has 0 unspecified atom stereocenters. The second-order valence-electron chi connectivity index (χ2n) is 5.55. The minimum Gasteiger partial charge on any atom is -0.365 e. The highest BCUT2D eigenvalue weighted by molar-refractivity contribution is 5.57. The first-order valence-corrected chi connectivity index (χ1v) is 7.04. The molecular weight excluding hydrogens is 297 g/mol. The molecule has 0 N–H and O–H groups in total. The van der Waals surface area contributed by atoms with Crippen molar-refractivity contribution in [1.82, 2.24) is 14.6 Å². The van der Waals surface area contributed by atoms with E-state index in [1.807, 2.05) is 20.8 Å². The number of halogens is 3. The van der Waals surface area contributed by atoms with E-state index in [1.54, 1.807) is 15.5 Å². The molecule has 1 aliphatic rings. The van der Waals surface area contributed by atoms with E-state index in [1.165, 1.54) is 0 Å². The fourth-order valence-corrected chi connectivity index (χ4v) is 2.61. The van der Waals surface area contributed by atoms with E-state index >= 15 is 0 Å². The third-order valence-electron chi connectivity index (χ3n) is 3.92. The average Bonchev–Trinajstić information content (AvgIpc) is 2.73. The molecule has 0 aliphatic carbocycles. The molecule has 0 aromatic carbocycles. The van der Waals surface area contributed by atoms with Crippen LogP contribution in [-0.2, 0) is 4.74 Å². The second kappa shape index (κ2) is 5.12. The SMILES string of the molecule is Cc1cc(N2CCO[C@H](C(F)(F)F)C2)n2nc(C)c(C)c2n1. The lowest BCUT2D eigenvalue weighted by Gasteiger charge is -2.35. The lowest BCUT2D eigenvalue weighted by molar-refractivity contribution is -0.221. The van der Waals surface area contributed by atoms with E-state index in [4.69, 9.17) is 4.74 Å². The molecule has 1 fully saturated rings. The van der Waals surface area contributed by atoms with Crippen LogP contribution in [0.1, 0.15) is 17.0 Å². The Kier molecular flexibility index (Phi) is 3.51. The van der Waals surface area contributed by atoms with Crippen molar-refractivity contribution in [2.75, 3.05) is 24.6 Å². The highest BCUT2D eigenvalue weighted by atomic mass is 19.4. The molecule has 2 aromatic heterocycles. The number of ether oxygens (including phenoxy) is 1. The molecule has 1 saturated heterocycles. The summed E-state index contributed by atoms with van der Waals surface area (Å²) in [7, 11) is 0. The van der Waals surface area contributed by atoms with Gasteiger partial charge < -0.3 is 9.64 Å². The van der Waals surface area contributed by atoms with Crippen LogP contribution in [0.2, 0.25) is 0 Å². The van der Waals surface area contributed by atoms with Crippen LogP contribution in [0, 0.1) is 20.8 Å². The molecule has 120 valence electrons. The number of nitrogens with zero attached hydrogens (tertiary/aromatic N) is 4. The van der Waals surface area contributed by atoms with Crippen molar-refractivity contribution in [3.8, 4) is 0 Å². The van der Waals surface area contributed by atoms with Crippen molar-refractivity contribution in [3.63, 3.8) is 0 Å². The van der Waals surface area contributed by atoms with E-state index in [0.717, 1.165) is 17.0 Å². The largest absolute Gasteiger partial charge is 0.416 e. The van der Waals surface area contributed by atoms with Gasteiger partial charge in [0.05, 0.1) is 18.8 Å². The number of rotatable bonds is 1. The van der Waals surface area contributed by atoms with Crippen molar-refractivity contribution in [2.45, 2.75) is 33.1 Å². The third-order valence-corrected chi connectivity index (χ3v) is 3.92. The molecule has 2 aromatic rings. The Bertz CT molecular complexity index is 710. The third kappa shape index (κ3) is 2.51. The molecule has 3 rings (SSSR count). The maximum Gasteiger partial charge on any atom is 0.416 e. The maximum atomic E-state index is 12.9. The van der Waals surface area contributed by atoms with Gasteiger partial charge in [0.2, 0.25) is 0 Å². The van der Waals surface area contributed by atoms with Gasteiger partial charge >= 0.3 is 6.18 Å². The molecular formula is C14H17F3N4O. The van der Waals surface area contributed by atoms with Gasteiger partial charge in [-0.05, 0) is 20.8 Å². The molecule has 8 heteroatoms. The van der Waals surface area contributed by atoms with Crippen LogP contribution in [0.4, 0.5) is 19.0 Å². The summed E-state index contributed by atoms with van der Waals surface area (Å²) in [5.74, 6) is 0.622. The number of aryl methyl sites for hydroxylation is 3. The lowest BCUT2D eigenvalue weighted by atomic mass is 10.2. The summed E-state index contributed by atoms with van der Waals surface area (Å²) in [4.78, 5) is 6.10. The summed E-state index contributed by atoms with van der Waals surface area (Å²) in [6.07, 6.45) is -6.14. The number of alkyl halides is 3. The van der Waals surface area contributed by atoms with Crippen LogP contribution in [0.25, 0.3) is 5.65 Å². The molecule has 0 saturated carbocycles. The smallest absolute Gasteiger partial charge is 0.365 e. The number of fused-ring (bicyclic) bond motifs is 1. The van der Waals surface area contributed by atoms with Crippen molar-refractivity contribution >= 4 is 11.5 Å². The number of morpholine rings is 1. The molecule has 1 atom stereocenters. The quantitative estimate of drug-likeness (QED) is 0.811. The molecule has 0 amide bonds. The standard InChI is InChI=1S/C14H17F3N4O/c1-8-6-12(21-13(18-8)9(2)10(3)19-21)20-4-5-22-11(7-20)14(15,16)17/h6,11H,4-5,7H2,1-3H3/t11-/m0/s1. The van der Waals surface area contributed by atoms with E-state index < -0.39 is 12.3 Å². The van der Waals surface area contributed by atoms with Crippen molar-refractivity contribution in [2.24, 2.45) is 0 Å². The summed E-state index contributed by atoms with van der Waals surface area (Å²) in [5.41, 5.74) is 3.19. The Morgan fingerprint density at radius 1 is 1.27 bits per heavy atom. The summed E-state index contributed by atoms with van der Waals surface area (Å²) < 4.78 is 45.2. The Labute approximate surface area is 125 Å². The fourth-order valence-electron chi connectivity index (χ4n) is 2.61. The number of hydrogen-bond donors (Lipinski definition) is 0. The first-order valence-electron chi connectivity index (χ1n) is 7.04. The highest BCUT2D eigenvalue weighted by Gasteiger charge is 2.43. The Hall–Kier alpha value is -1.83. The zero-order valence-corrected chi connectivity index (χ0v) is 12.6. The Balaban J connectivity index is 2.04. The fraction of sp³-hybridized carbons (Fsp3) is 0.571. The monoisotopic (exact) mass is 314 g/mol. The summed E-state index contributed by atoms with van der Waals surface area (Å²) in [6.45, 7) is 5.79. The lowest BCUT2D eigenvalue weighted by Crippen LogP contribution is -2.49. The Morgan fingerprint density at radius 2 is 2.00 bits per heavy atom. The molecule has 5 nitrogen and oxygen atoms in total. The van der Waals surface area contributed by atoms with Gasteiger partial charge in [-0.3, -0.25) is 0 Å². The van der Waals surface area contributed by atoms with Crippen LogP contribution in [0.5, 0.6) is 0 Å². The molecule has 22 heavy (non-hydrogen) atoms. The molecule has 3 heterocycles. The number of hydrogen-bond acceptors (Lipinski definition) is 4. The van der Waals surface area contributed by atoms with Gasteiger partial charge in [-0.1, -0.05) is 0 Å². The zero-order chi connectivity index (χ0) is 16.1.